The molecule has 4 heteroatoms. The number of nitrogens with one attached hydrogen (secondary N) is 1. The Morgan fingerprint density at radius 3 is 2.41 bits per heavy atom. The first-order valence-corrected chi connectivity index (χ1v) is 6.12. The van der Waals surface area contributed by atoms with Gasteiger partial charge in [-0.3, -0.25) is 9.59 Å². The molecule has 1 N–H and O–H groups in total. The van der Waals surface area contributed by atoms with Gasteiger partial charge in [0.2, 0.25) is 11.8 Å². The Labute approximate surface area is 103 Å². The molecule has 0 saturated carbocycles. The van der Waals surface area contributed by atoms with E-state index in [1.165, 1.54) is 4.90 Å². The summed E-state index contributed by atoms with van der Waals surface area (Å²) in [6.45, 7) is 5.80. The Balaban J connectivity index is 3.05. The largest absolute Gasteiger partial charge is 0.340 e. The van der Waals surface area contributed by atoms with Crippen molar-refractivity contribution >= 4 is 11.8 Å². The Morgan fingerprint density at radius 1 is 1.41 bits per heavy atom. The first-order valence-electron chi connectivity index (χ1n) is 6.12. The number of carbonyl (C=O) groups is 2. The highest BCUT2D eigenvalue weighted by Crippen LogP contribution is 2.24. The van der Waals surface area contributed by atoms with Crippen LogP contribution in [0.15, 0.2) is 0 Å². The van der Waals surface area contributed by atoms with Gasteiger partial charge in [-0.1, -0.05) is 26.7 Å². The van der Waals surface area contributed by atoms with Crippen LogP contribution >= 0.6 is 0 Å². The highest BCUT2D eigenvalue weighted by atomic mass is 16.2. The minimum Gasteiger partial charge on any atom is -0.340 e. The van der Waals surface area contributed by atoms with Crippen molar-refractivity contribution in [1.29, 1.82) is 0 Å². The number of piperazine rings is 1. The van der Waals surface area contributed by atoms with E-state index in [0.717, 1.165) is 0 Å². The van der Waals surface area contributed by atoms with E-state index in [9.17, 15) is 9.59 Å². The summed E-state index contributed by atoms with van der Waals surface area (Å²) in [4.78, 5) is 25.7. The number of carbonyl (C=O) groups excluding carboxylic acids is 2. The minimum atomic E-state index is -0.764. The van der Waals surface area contributed by atoms with Crippen molar-refractivity contribution in [3.05, 3.63) is 0 Å². The van der Waals surface area contributed by atoms with Crippen LogP contribution in [0.4, 0.5) is 0 Å². The quantitative estimate of drug-likeness (QED) is 0.738. The van der Waals surface area contributed by atoms with Crippen LogP contribution in [0.3, 0.4) is 0 Å². The van der Waals surface area contributed by atoms with Crippen LogP contribution in [0.5, 0.6) is 0 Å². The average molecular weight is 236 g/mol. The van der Waals surface area contributed by atoms with Crippen molar-refractivity contribution < 1.29 is 9.59 Å². The maximum absolute atomic E-state index is 12.4. The molecule has 1 atom stereocenters. The molecule has 0 bridgehead atoms. The van der Waals surface area contributed by atoms with Gasteiger partial charge >= 0.3 is 0 Å². The summed E-state index contributed by atoms with van der Waals surface area (Å²) >= 11 is 0. The predicted octanol–water partition coefficient (Wildman–Crippen LogP) is 0.915. The molecule has 0 aromatic rings. The van der Waals surface area contributed by atoms with Crippen molar-refractivity contribution in [2.24, 2.45) is 0 Å². The fourth-order valence-corrected chi connectivity index (χ4v) is 2.27. The van der Waals surface area contributed by atoms with Gasteiger partial charge in [-0.15, -0.1) is 6.42 Å². The van der Waals surface area contributed by atoms with E-state index in [1.54, 1.807) is 0 Å². The second-order valence-corrected chi connectivity index (χ2v) is 4.36. The fraction of sp³-hybridized carbons (Fsp3) is 0.692. The van der Waals surface area contributed by atoms with Crippen LogP contribution in [0, 0.1) is 12.3 Å². The van der Waals surface area contributed by atoms with E-state index in [2.05, 4.69) is 11.2 Å². The van der Waals surface area contributed by atoms with E-state index in [-0.39, 0.29) is 24.4 Å². The summed E-state index contributed by atoms with van der Waals surface area (Å²) in [7, 11) is 0. The first kappa shape index (κ1) is 13.6. The molecule has 1 aliphatic rings. The van der Waals surface area contributed by atoms with Crippen molar-refractivity contribution in [1.82, 2.24) is 10.2 Å². The third-order valence-corrected chi connectivity index (χ3v) is 3.53. The zero-order valence-electron chi connectivity index (χ0n) is 10.7. The highest BCUT2D eigenvalue weighted by Gasteiger charge is 2.45. The molecule has 0 aromatic carbocycles. The smallest absolute Gasteiger partial charge is 0.249 e. The van der Waals surface area contributed by atoms with Gasteiger partial charge in [-0.25, -0.2) is 0 Å². The van der Waals surface area contributed by atoms with Gasteiger partial charge in [0.15, 0.2) is 0 Å². The lowest BCUT2D eigenvalue weighted by atomic mass is 9.88. The maximum Gasteiger partial charge on any atom is 0.249 e. The molecule has 0 aromatic heterocycles. The molecule has 0 aliphatic carbocycles. The SMILES string of the molecule is C#CC(CC)N1CC(=O)NC(CC)(CC)C1=O. The second-order valence-electron chi connectivity index (χ2n) is 4.36. The summed E-state index contributed by atoms with van der Waals surface area (Å²) in [6.07, 6.45) is 7.26. The van der Waals surface area contributed by atoms with Crippen molar-refractivity contribution in [2.45, 2.75) is 51.6 Å². The molecule has 0 spiro atoms. The molecule has 1 rings (SSSR count). The molecular formula is C13H20N2O2. The predicted molar refractivity (Wildman–Crippen MR) is 66.1 cm³/mol. The van der Waals surface area contributed by atoms with Crippen molar-refractivity contribution in [3.63, 3.8) is 0 Å². The zero-order chi connectivity index (χ0) is 13.1. The van der Waals surface area contributed by atoms with Crippen LogP contribution < -0.4 is 5.32 Å². The average Bonchev–Trinajstić information content (AvgIpc) is 2.34. The van der Waals surface area contributed by atoms with E-state index in [0.29, 0.717) is 19.3 Å². The minimum absolute atomic E-state index is 0.0492. The lowest BCUT2D eigenvalue weighted by Gasteiger charge is -2.43. The summed E-state index contributed by atoms with van der Waals surface area (Å²) in [5.74, 6) is 2.41. The molecular weight excluding hydrogens is 216 g/mol. The molecule has 17 heavy (non-hydrogen) atoms. The molecule has 1 heterocycles. The highest BCUT2D eigenvalue weighted by molar-refractivity contribution is 5.98. The summed E-state index contributed by atoms with van der Waals surface area (Å²) in [5.41, 5.74) is -0.764. The third-order valence-electron chi connectivity index (χ3n) is 3.53. The van der Waals surface area contributed by atoms with Gasteiger partial charge in [0.05, 0.1) is 6.04 Å². The zero-order valence-corrected chi connectivity index (χ0v) is 10.7. The van der Waals surface area contributed by atoms with E-state index >= 15 is 0 Å². The molecule has 94 valence electrons. The second kappa shape index (κ2) is 5.22. The number of amides is 2. The van der Waals surface area contributed by atoms with Gasteiger partial charge < -0.3 is 10.2 Å². The normalized spacial score (nSPS) is 20.7. The van der Waals surface area contributed by atoms with Gasteiger partial charge in [-0.05, 0) is 19.3 Å². The molecule has 0 radical (unpaired) electrons. The van der Waals surface area contributed by atoms with Gasteiger partial charge in [0.1, 0.15) is 12.1 Å². The van der Waals surface area contributed by atoms with E-state index in [4.69, 9.17) is 6.42 Å². The lowest BCUT2D eigenvalue weighted by Crippen LogP contribution is -2.67. The van der Waals surface area contributed by atoms with Gasteiger partial charge in [0.25, 0.3) is 0 Å². The summed E-state index contributed by atoms with van der Waals surface area (Å²) < 4.78 is 0. The fourth-order valence-electron chi connectivity index (χ4n) is 2.27. The molecule has 1 unspecified atom stereocenters. The van der Waals surface area contributed by atoms with Crippen LogP contribution in [0.1, 0.15) is 40.0 Å². The van der Waals surface area contributed by atoms with Crippen LogP contribution in [-0.4, -0.2) is 34.8 Å². The van der Waals surface area contributed by atoms with Crippen LogP contribution in [-0.2, 0) is 9.59 Å². The Kier molecular flexibility index (Phi) is 4.17. The van der Waals surface area contributed by atoms with Gasteiger partial charge in [-0.2, -0.15) is 0 Å². The number of terminal acetylenes is 1. The Morgan fingerprint density at radius 2 is 2.00 bits per heavy atom. The number of nitrogens with zero attached hydrogens (tertiary/aromatic N) is 1. The topological polar surface area (TPSA) is 49.4 Å². The standard InChI is InChI=1S/C13H20N2O2/c1-5-10(6-2)15-9-11(16)14-13(7-3,8-4)12(15)17/h1,10H,6-9H2,2-4H3,(H,14,16). The monoisotopic (exact) mass is 236 g/mol. The summed E-state index contributed by atoms with van der Waals surface area (Å²) in [6, 6.07) is -0.286. The molecule has 2 amide bonds. The molecule has 1 fully saturated rings. The van der Waals surface area contributed by atoms with Crippen LogP contribution in [0.2, 0.25) is 0 Å². The molecule has 1 saturated heterocycles. The van der Waals surface area contributed by atoms with Gasteiger partial charge in [0, 0.05) is 0 Å². The van der Waals surface area contributed by atoms with Crippen molar-refractivity contribution in [2.75, 3.05) is 6.54 Å². The number of hydrogen-bond donors (Lipinski definition) is 1. The van der Waals surface area contributed by atoms with E-state index in [1.807, 2.05) is 20.8 Å². The van der Waals surface area contributed by atoms with Crippen LogP contribution in [0.25, 0.3) is 0 Å². The maximum atomic E-state index is 12.4. The Hall–Kier alpha value is -1.50. The molecule has 4 nitrogen and oxygen atoms in total. The lowest BCUT2D eigenvalue weighted by molar-refractivity contribution is -0.151. The third kappa shape index (κ3) is 2.28. The number of rotatable bonds is 4. The van der Waals surface area contributed by atoms with Crippen molar-refractivity contribution in [3.8, 4) is 12.3 Å². The Bertz CT molecular complexity index is 353. The first-order chi connectivity index (χ1) is 8.04. The molecule has 1 aliphatic heterocycles. The summed E-state index contributed by atoms with van der Waals surface area (Å²) in [5, 5.41) is 2.81. The van der Waals surface area contributed by atoms with E-state index < -0.39 is 5.54 Å². The number of hydrogen-bond acceptors (Lipinski definition) is 2.